The summed E-state index contributed by atoms with van der Waals surface area (Å²) in [5, 5.41) is 0.702. The molecule has 2 saturated heterocycles. The first-order chi connectivity index (χ1) is 12.8. The number of hydrogen-bond donors (Lipinski definition) is 0. The van der Waals surface area contributed by atoms with Crippen molar-refractivity contribution in [2.75, 3.05) is 31.6 Å². The van der Waals surface area contributed by atoms with E-state index in [0.717, 1.165) is 23.8 Å². The molecule has 144 valence electrons. The molecule has 4 rings (SSSR count). The molecule has 2 unspecified atom stereocenters. The second kappa shape index (κ2) is 6.41. The quantitative estimate of drug-likeness (QED) is 0.796. The van der Waals surface area contributed by atoms with E-state index in [-0.39, 0.29) is 17.9 Å². The number of fused-ring (bicyclic) bond motifs is 3. The minimum Gasteiger partial charge on any atom is -0.325 e. The molecule has 0 radical (unpaired) electrons. The number of halogens is 1. The Morgan fingerprint density at radius 2 is 2.00 bits per heavy atom. The lowest BCUT2D eigenvalue weighted by molar-refractivity contribution is -0.137. The second-order valence-corrected chi connectivity index (χ2v) is 8.16. The van der Waals surface area contributed by atoms with Gasteiger partial charge in [-0.2, -0.15) is 0 Å². The van der Waals surface area contributed by atoms with Crippen molar-refractivity contribution in [1.29, 1.82) is 0 Å². The molecule has 3 aliphatic rings. The van der Waals surface area contributed by atoms with E-state index in [4.69, 9.17) is 16.6 Å². The summed E-state index contributed by atoms with van der Waals surface area (Å²) in [6.45, 7) is 7.83. The van der Waals surface area contributed by atoms with Crippen LogP contribution in [0.3, 0.4) is 0 Å². The van der Waals surface area contributed by atoms with E-state index >= 15 is 0 Å². The van der Waals surface area contributed by atoms with Crippen LogP contribution in [0.25, 0.3) is 0 Å². The number of aliphatic imine (C=N–C) groups is 1. The van der Waals surface area contributed by atoms with Crippen molar-refractivity contribution in [3.05, 3.63) is 28.8 Å². The third-order valence-electron chi connectivity index (χ3n) is 5.45. The molecule has 2 atom stereocenters. The van der Waals surface area contributed by atoms with E-state index in [1.54, 1.807) is 11.9 Å². The largest absolute Gasteiger partial charge is 0.328 e. The molecule has 3 heterocycles. The lowest BCUT2D eigenvalue weighted by Gasteiger charge is -2.41. The molecule has 2 fully saturated rings. The highest BCUT2D eigenvalue weighted by molar-refractivity contribution is 6.31. The fourth-order valence-corrected chi connectivity index (χ4v) is 4.26. The standard InChI is InChI=1S/C19H24ClN5O2/c1-11(2)10-25-17(26)15-16(22(4)19(25)27)21-18-23(8-9-24(15)18)14-7-5-6-13(20)12(14)3/h5-7,11,15-16H,8-10H2,1-4H3. The second-order valence-electron chi connectivity index (χ2n) is 7.75. The average Bonchev–Trinajstić information content (AvgIpc) is 3.18. The Balaban J connectivity index is 1.69. The molecule has 7 nitrogen and oxygen atoms in total. The SMILES string of the molecule is Cc1c(Cl)cccc1N1CCN2C1=NC1C2C(=O)N(CC(C)C)C(=O)N1C. The van der Waals surface area contributed by atoms with Crippen LogP contribution in [-0.2, 0) is 4.79 Å². The molecule has 0 bridgehead atoms. The van der Waals surface area contributed by atoms with Crippen molar-refractivity contribution < 1.29 is 9.59 Å². The van der Waals surface area contributed by atoms with Crippen LogP contribution in [0.4, 0.5) is 10.5 Å². The number of carbonyl (C=O) groups excluding carboxylic acids is 2. The maximum absolute atomic E-state index is 13.1. The van der Waals surface area contributed by atoms with Crippen LogP contribution in [-0.4, -0.2) is 71.5 Å². The van der Waals surface area contributed by atoms with Crippen molar-refractivity contribution in [1.82, 2.24) is 14.7 Å². The monoisotopic (exact) mass is 389 g/mol. The zero-order valence-electron chi connectivity index (χ0n) is 16.0. The van der Waals surface area contributed by atoms with Gasteiger partial charge in [-0.1, -0.05) is 31.5 Å². The van der Waals surface area contributed by atoms with Gasteiger partial charge in [0.1, 0.15) is 0 Å². The Labute approximate surface area is 164 Å². The zero-order chi connectivity index (χ0) is 19.5. The van der Waals surface area contributed by atoms with Gasteiger partial charge in [-0.3, -0.25) is 9.69 Å². The van der Waals surface area contributed by atoms with Gasteiger partial charge in [0, 0.05) is 37.4 Å². The van der Waals surface area contributed by atoms with Gasteiger partial charge in [0.15, 0.2) is 12.2 Å². The molecule has 1 aromatic rings. The first-order valence-electron chi connectivity index (χ1n) is 9.26. The van der Waals surface area contributed by atoms with E-state index in [9.17, 15) is 9.59 Å². The number of imide groups is 1. The van der Waals surface area contributed by atoms with E-state index in [1.807, 2.05) is 43.9 Å². The smallest absolute Gasteiger partial charge is 0.325 e. The molecule has 3 aliphatic heterocycles. The van der Waals surface area contributed by atoms with Crippen LogP contribution < -0.4 is 4.90 Å². The normalized spacial score (nSPS) is 24.7. The minimum absolute atomic E-state index is 0.153. The highest BCUT2D eigenvalue weighted by atomic mass is 35.5. The molecular formula is C19H24ClN5O2. The molecule has 0 aromatic heterocycles. The van der Waals surface area contributed by atoms with Crippen molar-refractivity contribution in [3.63, 3.8) is 0 Å². The highest BCUT2D eigenvalue weighted by Gasteiger charge is 2.54. The number of urea groups is 1. The Morgan fingerprint density at radius 1 is 1.26 bits per heavy atom. The number of rotatable bonds is 3. The topological polar surface area (TPSA) is 59.5 Å². The van der Waals surface area contributed by atoms with E-state index < -0.39 is 12.2 Å². The first-order valence-corrected chi connectivity index (χ1v) is 9.64. The molecule has 1 aromatic carbocycles. The van der Waals surface area contributed by atoms with Crippen molar-refractivity contribution in [2.24, 2.45) is 10.9 Å². The number of likely N-dealkylation sites (N-methyl/N-ethyl adjacent to an activating group) is 1. The van der Waals surface area contributed by atoms with Gasteiger partial charge in [0.2, 0.25) is 5.96 Å². The lowest BCUT2D eigenvalue weighted by Crippen LogP contribution is -2.65. The van der Waals surface area contributed by atoms with Gasteiger partial charge in [0.25, 0.3) is 5.91 Å². The summed E-state index contributed by atoms with van der Waals surface area (Å²) < 4.78 is 0. The molecule has 0 N–H and O–H groups in total. The number of guanidine groups is 1. The summed E-state index contributed by atoms with van der Waals surface area (Å²) >= 11 is 6.30. The summed E-state index contributed by atoms with van der Waals surface area (Å²) in [5.74, 6) is 0.809. The van der Waals surface area contributed by atoms with Crippen molar-refractivity contribution >= 4 is 35.2 Å². The summed E-state index contributed by atoms with van der Waals surface area (Å²) in [4.78, 5) is 37.7. The van der Waals surface area contributed by atoms with Crippen LogP contribution in [0.2, 0.25) is 5.02 Å². The molecule has 27 heavy (non-hydrogen) atoms. The third-order valence-corrected chi connectivity index (χ3v) is 5.86. The van der Waals surface area contributed by atoms with Crippen LogP contribution >= 0.6 is 11.6 Å². The number of amides is 3. The molecule has 0 spiro atoms. The summed E-state index contributed by atoms with van der Waals surface area (Å²) in [6, 6.07) is 5.07. The fraction of sp³-hybridized carbons (Fsp3) is 0.526. The van der Waals surface area contributed by atoms with E-state index in [2.05, 4.69) is 4.90 Å². The zero-order valence-corrected chi connectivity index (χ0v) is 16.8. The molecule has 3 amide bonds. The number of hydrogen-bond acceptors (Lipinski definition) is 5. The molecule has 0 saturated carbocycles. The number of nitrogens with zero attached hydrogens (tertiary/aromatic N) is 5. The maximum Gasteiger partial charge on any atom is 0.328 e. The average molecular weight is 390 g/mol. The van der Waals surface area contributed by atoms with Crippen molar-refractivity contribution in [2.45, 2.75) is 33.0 Å². The molecule has 8 heteroatoms. The van der Waals surface area contributed by atoms with Crippen LogP contribution in [0.5, 0.6) is 0 Å². The molecular weight excluding hydrogens is 366 g/mol. The summed E-state index contributed by atoms with van der Waals surface area (Å²) in [6.07, 6.45) is -0.481. The predicted molar refractivity (Wildman–Crippen MR) is 105 cm³/mol. The van der Waals surface area contributed by atoms with Gasteiger partial charge in [-0.05, 0) is 30.5 Å². The van der Waals surface area contributed by atoms with E-state index in [1.165, 1.54) is 4.90 Å². The minimum atomic E-state index is -0.481. The molecule has 0 aliphatic carbocycles. The van der Waals surface area contributed by atoms with Crippen LogP contribution in [0.15, 0.2) is 23.2 Å². The lowest BCUT2D eigenvalue weighted by atomic mass is 10.1. The number of carbonyl (C=O) groups is 2. The van der Waals surface area contributed by atoms with E-state index in [0.29, 0.717) is 18.1 Å². The highest BCUT2D eigenvalue weighted by Crippen LogP contribution is 2.35. The Kier molecular flexibility index (Phi) is 4.29. The van der Waals surface area contributed by atoms with Gasteiger partial charge in [0.05, 0.1) is 0 Å². The Bertz CT molecular complexity index is 839. The summed E-state index contributed by atoms with van der Waals surface area (Å²) in [5.41, 5.74) is 1.97. The van der Waals surface area contributed by atoms with Crippen LogP contribution in [0, 0.1) is 12.8 Å². The van der Waals surface area contributed by atoms with Gasteiger partial charge >= 0.3 is 6.03 Å². The Hall–Kier alpha value is -2.28. The fourth-order valence-electron chi connectivity index (χ4n) is 4.09. The maximum atomic E-state index is 13.1. The third kappa shape index (κ3) is 2.67. The van der Waals surface area contributed by atoms with Gasteiger partial charge < -0.3 is 14.7 Å². The first kappa shape index (κ1) is 18.1. The van der Waals surface area contributed by atoms with Gasteiger partial charge in [-0.15, -0.1) is 0 Å². The number of benzene rings is 1. The summed E-state index contributed by atoms with van der Waals surface area (Å²) in [7, 11) is 1.72. The number of anilines is 1. The Morgan fingerprint density at radius 3 is 2.70 bits per heavy atom. The van der Waals surface area contributed by atoms with Gasteiger partial charge in [-0.25, -0.2) is 9.79 Å². The van der Waals surface area contributed by atoms with Crippen LogP contribution in [0.1, 0.15) is 19.4 Å². The predicted octanol–water partition coefficient (Wildman–Crippen LogP) is 2.38. The van der Waals surface area contributed by atoms with Crippen molar-refractivity contribution in [3.8, 4) is 0 Å².